The van der Waals surface area contributed by atoms with E-state index in [-0.39, 0.29) is 0 Å². The summed E-state index contributed by atoms with van der Waals surface area (Å²) in [7, 11) is 0. The highest BCUT2D eigenvalue weighted by atomic mass is 127. The summed E-state index contributed by atoms with van der Waals surface area (Å²) in [5.41, 5.74) is 0. The van der Waals surface area contributed by atoms with Gasteiger partial charge in [0.1, 0.15) is 3.70 Å². The van der Waals surface area contributed by atoms with E-state index in [0.717, 1.165) is 35.7 Å². The summed E-state index contributed by atoms with van der Waals surface area (Å²) in [4.78, 5) is 2.25. The molecule has 1 N–H and O–H groups in total. The minimum absolute atomic E-state index is 0.941. The molecule has 1 aromatic rings. The topological polar surface area (TPSA) is 41.0 Å². The van der Waals surface area contributed by atoms with Gasteiger partial charge in [0.2, 0.25) is 0 Å². The van der Waals surface area contributed by atoms with Crippen molar-refractivity contribution in [1.29, 1.82) is 0 Å². The van der Waals surface area contributed by atoms with Gasteiger partial charge in [0.05, 0.1) is 0 Å². The third kappa shape index (κ3) is 2.28. The van der Waals surface area contributed by atoms with Crippen molar-refractivity contribution in [2.75, 3.05) is 31.1 Å². The summed E-state index contributed by atoms with van der Waals surface area (Å²) >= 11 is 2.16. The van der Waals surface area contributed by atoms with Gasteiger partial charge in [-0.3, -0.25) is 0 Å². The first kappa shape index (κ1) is 9.14. The van der Waals surface area contributed by atoms with Crippen LogP contribution in [0.2, 0.25) is 0 Å². The number of piperazine rings is 1. The van der Waals surface area contributed by atoms with Gasteiger partial charge in [-0.1, -0.05) is 0 Å². The van der Waals surface area contributed by atoms with Crippen molar-refractivity contribution in [3.05, 3.63) is 15.8 Å². The van der Waals surface area contributed by atoms with Crippen LogP contribution in [0.1, 0.15) is 0 Å². The number of hydrogen-bond donors (Lipinski definition) is 1. The lowest BCUT2D eigenvalue weighted by Crippen LogP contribution is -2.43. The average molecular weight is 290 g/mol. The van der Waals surface area contributed by atoms with E-state index in [1.807, 2.05) is 12.1 Å². The Kier molecular flexibility index (Phi) is 2.94. The van der Waals surface area contributed by atoms with E-state index in [1.54, 1.807) is 0 Å². The molecule has 13 heavy (non-hydrogen) atoms. The largest absolute Gasteiger partial charge is 0.353 e. The zero-order chi connectivity index (χ0) is 9.10. The molecule has 1 aliphatic heterocycles. The second-order valence-electron chi connectivity index (χ2n) is 2.95. The SMILES string of the molecule is Ic1ccc(N2CCNCC2)nn1. The molecule has 0 saturated carbocycles. The van der Waals surface area contributed by atoms with Gasteiger partial charge in [-0.15, -0.1) is 10.2 Å². The van der Waals surface area contributed by atoms with Crippen molar-refractivity contribution in [3.63, 3.8) is 0 Å². The van der Waals surface area contributed by atoms with E-state index >= 15 is 0 Å². The fourth-order valence-corrected chi connectivity index (χ4v) is 1.66. The Morgan fingerprint density at radius 1 is 1.23 bits per heavy atom. The molecule has 2 heterocycles. The molecule has 1 aliphatic rings. The van der Waals surface area contributed by atoms with E-state index < -0.39 is 0 Å². The molecule has 1 aromatic heterocycles. The van der Waals surface area contributed by atoms with E-state index in [4.69, 9.17) is 0 Å². The number of nitrogens with one attached hydrogen (secondary N) is 1. The number of nitrogens with zero attached hydrogens (tertiary/aromatic N) is 3. The van der Waals surface area contributed by atoms with Gasteiger partial charge in [-0.25, -0.2) is 0 Å². The Morgan fingerprint density at radius 2 is 2.00 bits per heavy atom. The zero-order valence-corrected chi connectivity index (χ0v) is 9.36. The van der Waals surface area contributed by atoms with Crippen LogP contribution in [0.15, 0.2) is 12.1 Å². The Bertz CT molecular complexity index is 268. The first-order valence-corrected chi connectivity index (χ1v) is 5.39. The van der Waals surface area contributed by atoms with E-state index in [1.165, 1.54) is 0 Å². The standard InChI is InChI=1S/C8H11IN4/c9-7-1-2-8(12-11-7)13-5-3-10-4-6-13/h1-2,10H,3-6H2. The maximum Gasteiger partial charge on any atom is 0.151 e. The second-order valence-corrected chi connectivity index (χ2v) is 4.06. The van der Waals surface area contributed by atoms with Gasteiger partial charge in [-0.2, -0.15) is 0 Å². The van der Waals surface area contributed by atoms with Crippen LogP contribution in [0.5, 0.6) is 0 Å². The normalized spacial score (nSPS) is 17.5. The van der Waals surface area contributed by atoms with Gasteiger partial charge in [0.15, 0.2) is 5.82 Å². The molecule has 0 amide bonds. The van der Waals surface area contributed by atoms with Gasteiger partial charge < -0.3 is 10.2 Å². The van der Waals surface area contributed by atoms with Crippen molar-refractivity contribution in [1.82, 2.24) is 15.5 Å². The van der Waals surface area contributed by atoms with Crippen molar-refractivity contribution < 1.29 is 0 Å². The zero-order valence-electron chi connectivity index (χ0n) is 7.20. The molecule has 5 heteroatoms. The summed E-state index contributed by atoms with van der Waals surface area (Å²) < 4.78 is 0.941. The number of hydrogen-bond acceptors (Lipinski definition) is 4. The van der Waals surface area contributed by atoms with Crippen molar-refractivity contribution in [2.45, 2.75) is 0 Å². The summed E-state index contributed by atoms with van der Waals surface area (Å²) in [6, 6.07) is 4.02. The number of rotatable bonds is 1. The Labute approximate surface area is 90.9 Å². The molecule has 0 radical (unpaired) electrons. The summed E-state index contributed by atoms with van der Waals surface area (Å²) in [5, 5.41) is 11.5. The molecule has 0 aliphatic carbocycles. The maximum atomic E-state index is 4.14. The Hall–Kier alpha value is -0.430. The Balaban J connectivity index is 2.10. The molecule has 4 nitrogen and oxygen atoms in total. The fourth-order valence-electron chi connectivity index (χ4n) is 1.37. The highest BCUT2D eigenvalue weighted by Gasteiger charge is 2.11. The summed E-state index contributed by atoms with van der Waals surface area (Å²) in [6.45, 7) is 4.12. The second kappa shape index (κ2) is 4.19. The third-order valence-electron chi connectivity index (χ3n) is 2.06. The predicted octanol–water partition coefficient (Wildman–Crippen LogP) is 0.491. The molecule has 2 rings (SSSR count). The summed E-state index contributed by atoms with van der Waals surface area (Å²) in [5.74, 6) is 0.988. The molecule has 0 spiro atoms. The minimum Gasteiger partial charge on any atom is -0.353 e. The third-order valence-corrected chi connectivity index (χ3v) is 2.63. The van der Waals surface area contributed by atoms with E-state index in [0.29, 0.717) is 0 Å². The molecule has 1 saturated heterocycles. The molecule has 1 fully saturated rings. The molecule has 0 aromatic carbocycles. The molecule has 0 atom stereocenters. The van der Waals surface area contributed by atoms with Crippen LogP contribution < -0.4 is 10.2 Å². The molecule has 0 bridgehead atoms. The lowest BCUT2D eigenvalue weighted by Gasteiger charge is -2.27. The highest BCUT2D eigenvalue weighted by Crippen LogP contribution is 2.10. The van der Waals surface area contributed by atoms with Gasteiger partial charge >= 0.3 is 0 Å². The first-order chi connectivity index (χ1) is 6.36. The van der Waals surface area contributed by atoms with E-state index in [9.17, 15) is 0 Å². The lowest BCUT2D eigenvalue weighted by molar-refractivity contribution is 0.582. The van der Waals surface area contributed by atoms with Crippen LogP contribution in [0.25, 0.3) is 0 Å². The smallest absolute Gasteiger partial charge is 0.151 e. The van der Waals surface area contributed by atoms with Crippen LogP contribution in [0.4, 0.5) is 5.82 Å². The molecule has 70 valence electrons. The number of anilines is 1. The molecule has 0 unspecified atom stereocenters. The van der Waals surface area contributed by atoms with Crippen LogP contribution in [0, 0.1) is 3.70 Å². The monoisotopic (exact) mass is 290 g/mol. The Morgan fingerprint density at radius 3 is 2.62 bits per heavy atom. The van der Waals surface area contributed by atoms with Gasteiger partial charge in [0, 0.05) is 26.2 Å². The van der Waals surface area contributed by atoms with Gasteiger partial charge in [0.25, 0.3) is 0 Å². The van der Waals surface area contributed by atoms with Crippen LogP contribution in [-0.2, 0) is 0 Å². The quantitative estimate of drug-likeness (QED) is 0.764. The van der Waals surface area contributed by atoms with Crippen molar-refractivity contribution >= 4 is 28.4 Å². The van der Waals surface area contributed by atoms with Crippen LogP contribution in [-0.4, -0.2) is 36.4 Å². The molecular weight excluding hydrogens is 279 g/mol. The number of aromatic nitrogens is 2. The first-order valence-electron chi connectivity index (χ1n) is 4.31. The average Bonchev–Trinajstić information content (AvgIpc) is 2.20. The van der Waals surface area contributed by atoms with Crippen LogP contribution >= 0.6 is 22.6 Å². The summed E-state index contributed by atoms with van der Waals surface area (Å²) in [6.07, 6.45) is 0. The predicted molar refractivity (Wildman–Crippen MR) is 59.8 cm³/mol. The molecular formula is C8H11IN4. The minimum atomic E-state index is 0.941. The fraction of sp³-hybridized carbons (Fsp3) is 0.500. The van der Waals surface area contributed by atoms with E-state index in [2.05, 4.69) is 43.0 Å². The lowest BCUT2D eigenvalue weighted by atomic mass is 10.3. The van der Waals surface area contributed by atoms with Crippen molar-refractivity contribution in [3.8, 4) is 0 Å². The van der Waals surface area contributed by atoms with Gasteiger partial charge in [-0.05, 0) is 34.7 Å². The van der Waals surface area contributed by atoms with Crippen molar-refractivity contribution in [2.24, 2.45) is 0 Å². The highest BCUT2D eigenvalue weighted by molar-refractivity contribution is 14.1. The maximum absolute atomic E-state index is 4.14. The van der Waals surface area contributed by atoms with Crippen LogP contribution in [0.3, 0.4) is 0 Å². The number of halogens is 1.